The fourth-order valence-electron chi connectivity index (χ4n) is 4.94. The predicted molar refractivity (Wildman–Crippen MR) is 141 cm³/mol. The van der Waals surface area contributed by atoms with Crippen molar-refractivity contribution >= 4 is 6.21 Å². The van der Waals surface area contributed by atoms with Gasteiger partial charge >= 0.3 is 5.69 Å². The molecule has 1 aromatic carbocycles. The summed E-state index contributed by atoms with van der Waals surface area (Å²) >= 11 is 0. The van der Waals surface area contributed by atoms with Gasteiger partial charge in [0.1, 0.15) is 5.82 Å². The summed E-state index contributed by atoms with van der Waals surface area (Å²) in [4.78, 5) is 18.3. The van der Waals surface area contributed by atoms with E-state index >= 15 is 0 Å². The molecule has 0 spiro atoms. The number of nitrogens with one attached hydrogen (secondary N) is 1. The van der Waals surface area contributed by atoms with Crippen molar-refractivity contribution in [1.82, 2.24) is 34.3 Å². The van der Waals surface area contributed by atoms with Crippen molar-refractivity contribution in [2.75, 3.05) is 0 Å². The van der Waals surface area contributed by atoms with E-state index in [1.807, 2.05) is 53.6 Å². The van der Waals surface area contributed by atoms with Crippen LogP contribution >= 0.6 is 0 Å². The van der Waals surface area contributed by atoms with E-state index in [0.29, 0.717) is 18.8 Å². The molecule has 1 aliphatic rings. The first-order chi connectivity index (χ1) is 17.3. The highest BCUT2D eigenvalue weighted by atomic mass is 16.1. The Morgan fingerprint density at radius 3 is 2.72 bits per heavy atom. The van der Waals surface area contributed by atoms with Gasteiger partial charge in [0.05, 0.1) is 0 Å². The Labute approximate surface area is 210 Å². The third-order valence-electron chi connectivity index (χ3n) is 6.79. The van der Waals surface area contributed by atoms with Gasteiger partial charge in [-0.3, -0.25) is 14.1 Å². The third kappa shape index (κ3) is 4.25. The van der Waals surface area contributed by atoms with E-state index in [9.17, 15) is 4.79 Å². The molecule has 0 bridgehead atoms. The van der Waals surface area contributed by atoms with Crippen LogP contribution in [0.25, 0.3) is 17.2 Å². The predicted octanol–water partition coefficient (Wildman–Crippen LogP) is 4.25. The Kier molecular flexibility index (Phi) is 6.07. The molecule has 1 N–H and O–H groups in total. The largest absolute Gasteiger partial charge is 0.334 e. The Hall–Kier alpha value is -4.01. The second-order valence-electron chi connectivity index (χ2n) is 10.3. The van der Waals surface area contributed by atoms with Crippen LogP contribution in [0.1, 0.15) is 51.8 Å². The maximum Gasteiger partial charge on any atom is 0.334 e. The quantitative estimate of drug-likeness (QED) is 0.424. The minimum absolute atomic E-state index is 0.0349. The molecule has 0 radical (unpaired) electrons. The van der Waals surface area contributed by atoms with Crippen molar-refractivity contribution in [1.29, 1.82) is 0 Å². The molecule has 4 aromatic rings. The van der Waals surface area contributed by atoms with E-state index in [-0.39, 0.29) is 11.2 Å². The number of aliphatic imine (C=N–C) groups is 1. The van der Waals surface area contributed by atoms with Gasteiger partial charge in [-0.2, -0.15) is 5.21 Å². The van der Waals surface area contributed by atoms with Gasteiger partial charge in [0.2, 0.25) is 5.82 Å². The number of aromatic nitrogens is 7. The molecule has 3 aromatic heterocycles. The summed E-state index contributed by atoms with van der Waals surface area (Å²) in [6.07, 6.45) is 12.3. The number of allylic oxidation sites excluding steroid dienone is 1. The molecular formula is C27H32N8O. The Morgan fingerprint density at radius 1 is 1.17 bits per heavy atom. The summed E-state index contributed by atoms with van der Waals surface area (Å²) in [6, 6.07) is 12.1. The fourth-order valence-corrected chi connectivity index (χ4v) is 4.94. The second kappa shape index (κ2) is 9.22. The molecule has 9 nitrogen and oxygen atoms in total. The summed E-state index contributed by atoms with van der Waals surface area (Å²) in [5, 5.41) is 14.5. The molecular weight excluding hydrogens is 452 g/mol. The van der Waals surface area contributed by atoms with Crippen molar-refractivity contribution in [3.63, 3.8) is 0 Å². The maximum absolute atomic E-state index is 14.0. The average Bonchev–Trinajstić information content (AvgIpc) is 3.62. The van der Waals surface area contributed by atoms with Crippen LogP contribution in [0.4, 0.5) is 0 Å². The van der Waals surface area contributed by atoms with Crippen molar-refractivity contribution in [3.05, 3.63) is 82.8 Å². The van der Waals surface area contributed by atoms with Gasteiger partial charge in [0.15, 0.2) is 0 Å². The molecule has 9 heteroatoms. The first kappa shape index (κ1) is 23.7. The molecule has 0 saturated carbocycles. The number of tetrazole rings is 1. The summed E-state index contributed by atoms with van der Waals surface area (Å²) < 4.78 is 5.88. The van der Waals surface area contributed by atoms with Crippen molar-refractivity contribution < 1.29 is 0 Å². The molecule has 0 amide bonds. The van der Waals surface area contributed by atoms with Crippen LogP contribution in [-0.2, 0) is 23.9 Å². The van der Waals surface area contributed by atoms with E-state index in [1.165, 1.54) is 0 Å². The Balaban J connectivity index is 1.62. The van der Waals surface area contributed by atoms with Crippen LogP contribution in [0.3, 0.4) is 0 Å². The molecule has 0 fully saturated rings. The van der Waals surface area contributed by atoms with Crippen LogP contribution in [0.5, 0.6) is 0 Å². The minimum atomic E-state index is -0.438. The van der Waals surface area contributed by atoms with E-state index in [2.05, 4.69) is 76.1 Å². The lowest BCUT2D eigenvalue weighted by Crippen LogP contribution is -2.37. The lowest BCUT2D eigenvalue weighted by molar-refractivity contribution is 0.392. The smallest absolute Gasteiger partial charge is 0.329 e. The number of rotatable bonds is 7. The molecule has 1 atom stereocenters. The monoisotopic (exact) mass is 484 g/mol. The van der Waals surface area contributed by atoms with Crippen molar-refractivity contribution in [2.24, 2.45) is 4.99 Å². The number of nitrogens with zero attached hydrogens (tertiary/aromatic N) is 7. The van der Waals surface area contributed by atoms with Gasteiger partial charge in [-0.05, 0) is 62.6 Å². The molecule has 4 heterocycles. The van der Waals surface area contributed by atoms with Crippen LogP contribution in [0.15, 0.2) is 70.9 Å². The highest BCUT2D eigenvalue weighted by Crippen LogP contribution is 2.35. The van der Waals surface area contributed by atoms with Crippen LogP contribution < -0.4 is 5.69 Å². The first-order valence-electron chi connectivity index (χ1n) is 12.4. The third-order valence-corrected chi connectivity index (χ3v) is 6.79. The number of H-pyrrole nitrogens is 1. The first-order valence-corrected chi connectivity index (χ1v) is 12.4. The van der Waals surface area contributed by atoms with Crippen LogP contribution in [0.2, 0.25) is 0 Å². The maximum atomic E-state index is 14.0. The number of imidazole rings is 1. The minimum Gasteiger partial charge on any atom is -0.329 e. The summed E-state index contributed by atoms with van der Waals surface area (Å²) in [5.41, 5.74) is 2.35. The SMILES string of the molecule is CCCc1cn(-c2cccn2C(C)(C)C)c(=O)n1CC1(c2cccc(-c3nn[nH]n3)c2)C=CN=CC1. The zero-order valence-electron chi connectivity index (χ0n) is 21.2. The van der Waals surface area contributed by atoms with E-state index in [4.69, 9.17) is 0 Å². The number of aryl methyl sites for hydroxylation is 1. The van der Waals surface area contributed by atoms with Gasteiger partial charge < -0.3 is 4.57 Å². The number of hydrogen-bond acceptors (Lipinski definition) is 5. The van der Waals surface area contributed by atoms with Gasteiger partial charge in [-0.25, -0.2) is 4.79 Å². The number of benzene rings is 1. The van der Waals surface area contributed by atoms with Crippen molar-refractivity contribution in [3.8, 4) is 17.2 Å². The van der Waals surface area contributed by atoms with Gasteiger partial charge in [0, 0.05) is 53.6 Å². The van der Waals surface area contributed by atoms with Crippen LogP contribution in [0, 0.1) is 0 Å². The van der Waals surface area contributed by atoms with E-state index in [1.54, 1.807) is 4.57 Å². The van der Waals surface area contributed by atoms with Crippen molar-refractivity contribution in [2.45, 2.75) is 64.5 Å². The standard InChI is InChI=1S/C27H32N8O/c1-5-8-22-18-33(23-11-7-16-35(23)26(2,3)4)25(36)34(22)19-27(12-14-28-15-13-27)21-10-6-9-20(17-21)24-29-31-32-30-24/h6-7,9-12,14-18H,5,8,13,19H2,1-4H3,(H,29,30,31,32). The molecule has 0 aliphatic carbocycles. The number of aromatic amines is 1. The zero-order chi connectivity index (χ0) is 25.3. The average molecular weight is 485 g/mol. The summed E-state index contributed by atoms with van der Waals surface area (Å²) in [5.74, 6) is 1.41. The fraction of sp³-hybridized carbons (Fsp3) is 0.370. The molecule has 0 saturated heterocycles. The van der Waals surface area contributed by atoms with Crippen LogP contribution in [-0.4, -0.2) is 40.5 Å². The summed E-state index contributed by atoms with van der Waals surface area (Å²) in [7, 11) is 0. The van der Waals surface area contributed by atoms with Gasteiger partial charge in [-0.1, -0.05) is 37.6 Å². The number of hydrogen-bond donors (Lipinski definition) is 1. The van der Waals surface area contributed by atoms with Gasteiger partial charge in [0.25, 0.3) is 0 Å². The van der Waals surface area contributed by atoms with Gasteiger partial charge in [-0.15, -0.1) is 10.2 Å². The highest BCUT2D eigenvalue weighted by Gasteiger charge is 2.33. The second-order valence-corrected chi connectivity index (χ2v) is 10.3. The van der Waals surface area contributed by atoms with E-state index in [0.717, 1.165) is 35.5 Å². The molecule has 5 rings (SSSR count). The molecule has 186 valence electrons. The molecule has 1 unspecified atom stereocenters. The van der Waals surface area contributed by atoms with E-state index < -0.39 is 5.41 Å². The molecule has 36 heavy (non-hydrogen) atoms. The Morgan fingerprint density at radius 2 is 2.03 bits per heavy atom. The highest BCUT2D eigenvalue weighted by molar-refractivity contribution is 5.65. The Bertz CT molecular complexity index is 1460. The topological polar surface area (TPSA) is 98.7 Å². The normalized spacial score (nSPS) is 17.7. The summed E-state index contributed by atoms with van der Waals surface area (Å²) in [6.45, 7) is 9.07. The lowest BCUT2D eigenvalue weighted by atomic mass is 9.76. The zero-order valence-corrected chi connectivity index (χ0v) is 21.2. The molecule has 1 aliphatic heterocycles. The lowest BCUT2D eigenvalue weighted by Gasteiger charge is -2.32.